The smallest absolute Gasteiger partial charge is 0.437 e. The summed E-state index contributed by atoms with van der Waals surface area (Å²) in [6.45, 7) is 6.79. The minimum atomic E-state index is -0.870. The van der Waals surface area contributed by atoms with E-state index in [1.54, 1.807) is 58.0 Å². The largest absolute Gasteiger partial charge is 0.446 e. The molecule has 0 aliphatic heterocycles. The average Bonchev–Trinajstić information content (AvgIpc) is 2.37. The average molecular weight is 307 g/mol. The van der Waals surface area contributed by atoms with E-state index in [4.69, 9.17) is 15.2 Å². The first-order chi connectivity index (χ1) is 10.3. The summed E-state index contributed by atoms with van der Waals surface area (Å²) in [7, 11) is 0. The Morgan fingerprint density at radius 3 is 2.09 bits per heavy atom. The fourth-order valence-corrected chi connectivity index (χ4v) is 1.53. The van der Waals surface area contributed by atoms with Gasteiger partial charge in [0.1, 0.15) is 0 Å². The lowest BCUT2D eigenvalue weighted by Crippen LogP contribution is -2.44. The molecule has 0 saturated carbocycles. The predicted molar refractivity (Wildman–Crippen MR) is 83.8 cm³/mol. The topological polar surface area (TPSA) is 94.2 Å². The van der Waals surface area contributed by atoms with Gasteiger partial charge in [-0.25, -0.2) is 14.5 Å². The van der Waals surface area contributed by atoms with Crippen LogP contribution in [0.15, 0.2) is 35.3 Å². The molecule has 0 fully saturated rings. The predicted octanol–water partition coefficient (Wildman–Crippen LogP) is 2.90. The standard InChI is InChI=1S/C15H21N3O4/c1-10(2)21-14(19)17-13(16)18(15(20)22-11(3)4)12-8-6-5-7-9-12/h5-11H,1-4H3,(H2,16,17,19). The number of hydrogen-bond donors (Lipinski definition) is 1. The fraction of sp³-hybridized carbons (Fsp3) is 0.400. The lowest BCUT2D eigenvalue weighted by Gasteiger charge is -2.22. The number of para-hydroxylation sites is 1. The van der Waals surface area contributed by atoms with Gasteiger partial charge in [0.05, 0.1) is 17.9 Å². The number of rotatable bonds is 3. The van der Waals surface area contributed by atoms with Gasteiger partial charge in [-0.3, -0.25) is 0 Å². The van der Waals surface area contributed by atoms with Crippen molar-refractivity contribution < 1.29 is 19.1 Å². The summed E-state index contributed by atoms with van der Waals surface area (Å²) in [5.41, 5.74) is 6.21. The maximum Gasteiger partial charge on any atom is 0.437 e. The van der Waals surface area contributed by atoms with Crippen LogP contribution in [0.1, 0.15) is 27.7 Å². The lowest BCUT2D eigenvalue weighted by atomic mass is 10.3. The van der Waals surface area contributed by atoms with Gasteiger partial charge in [0, 0.05) is 0 Å². The molecule has 0 bridgehead atoms. The number of anilines is 1. The molecule has 7 nitrogen and oxygen atoms in total. The van der Waals surface area contributed by atoms with Crippen LogP contribution in [-0.2, 0) is 9.47 Å². The van der Waals surface area contributed by atoms with Crippen LogP contribution in [0.4, 0.5) is 15.3 Å². The zero-order valence-corrected chi connectivity index (χ0v) is 13.1. The molecule has 1 rings (SSSR count). The van der Waals surface area contributed by atoms with Crippen molar-refractivity contribution in [1.82, 2.24) is 0 Å². The highest BCUT2D eigenvalue weighted by molar-refractivity contribution is 6.15. The van der Waals surface area contributed by atoms with Gasteiger partial charge in [-0.05, 0) is 39.8 Å². The van der Waals surface area contributed by atoms with Crippen molar-refractivity contribution in [2.75, 3.05) is 4.90 Å². The summed E-state index contributed by atoms with van der Waals surface area (Å²) in [4.78, 5) is 28.4. The molecule has 0 saturated heterocycles. The van der Waals surface area contributed by atoms with E-state index in [1.165, 1.54) is 0 Å². The molecule has 0 aliphatic carbocycles. The van der Waals surface area contributed by atoms with Crippen LogP contribution in [0.25, 0.3) is 0 Å². The van der Waals surface area contributed by atoms with Crippen LogP contribution in [-0.4, -0.2) is 30.4 Å². The van der Waals surface area contributed by atoms with Crippen molar-refractivity contribution in [3.63, 3.8) is 0 Å². The fourth-order valence-electron chi connectivity index (χ4n) is 1.53. The number of guanidine groups is 1. The number of nitrogens with two attached hydrogens (primary N) is 1. The van der Waals surface area contributed by atoms with Crippen molar-refractivity contribution in [3.05, 3.63) is 30.3 Å². The number of carbonyl (C=O) groups is 2. The van der Waals surface area contributed by atoms with E-state index in [9.17, 15) is 9.59 Å². The molecule has 2 N–H and O–H groups in total. The van der Waals surface area contributed by atoms with E-state index in [1.807, 2.05) is 0 Å². The van der Waals surface area contributed by atoms with Gasteiger partial charge in [0.15, 0.2) is 0 Å². The van der Waals surface area contributed by atoms with E-state index in [0.717, 1.165) is 4.90 Å². The van der Waals surface area contributed by atoms with Crippen LogP contribution in [0.3, 0.4) is 0 Å². The minimum absolute atomic E-state index is 0.317. The maximum absolute atomic E-state index is 12.2. The van der Waals surface area contributed by atoms with Crippen LogP contribution in [0.2, 0.25) is 0 Å². The molecular weight excluding hydrogens is 286 g/mol. The van der Waals surface area contributed by atoms with Crippen molar-refractivity contribution >= 4 is 23.8 Å². The van der Waals surface area contributed by atoms with Crippen molar-refractivity contribution in [2.45, 2.75) is 39.9 Å². The highest BCUT2D eigenvalue weighted by atomic mass is 16.6. The van der Waals surface area contributed by atoms with E-state index in [-0.39, 0.29) is 18.2 Å². The molecule has 0 heterocycles. The molecule has 0 spiro atoms. The number of carbonyl (C=O) groups excluding carboxylic acids is 2. The number of hydrogen-bond acceptors (Lipinski definition) is 4. The van der Waals surface area contributed by atoms with Gasteiger partial charge in [-0.2, -0.15) is 0 Å². The van der Waals surface area contributed by atoms with E-state index in [2.05, 4.69) is 4.99 Å². The third kappa shape index (κ3) is 5.43. The molecule has 0 aromatic heterocycles. The maximum atomic E-state index is 12.2. The van der Waals surface area contributed by atoms with Crippen LogP contribution in [0, 0.1) is 0 Å². The lowest BCUT2D eigenvalue weighted by molar-refractivity contribution is 0.125. The summed E-state index contributed by atoms with van der Waals surface area (Å²) < 4.78 is 10.0. The van der Waals surface area contributed by atoms with Crippen LogP contribution < -0.4 is 10.6 Å². The molecule has 7 heteroatoms. The Kier molecular flexibility index (Phi) is 6.37. The zero-order chi connectivity index (χ0) is 16.7. The molecule has 22 heavy (non-hydrogen) atoms. The van der Waals surface area contributed by atoms with Crippen LogP contribution >= 0.6 is 0 Å². The first kappa shape index (κ1) is 17.5. The quantitative estimate of drug-likeness (QED) is 0.684. The molecule has 120 valence electrons. The van der Waals surface area contributed by atoms with Crippen molar-refractivity contribution in [2.24, 2.45) is 10.7 Å². The first-order valence-electron chi connectivity index (χ1n) is 6.91. The monoisotopic (exact) mass is 307 g/mol. The number of amides is 2. The SMILES string of the molecule is CC(C)OC(=O)/N=C(\N)N(C(=O)OC(C)C)c1ccccc1. The number of ether oxygens (including phenoxy) is 2. The highest BCUT2D eigenvalue weighted by Gasteiger charge is 2.23. The summed E-state index contributed by atoms with van der Waals surface area (Å²) in [5.74, 6) is -0.317. The van der Waals surface area contributed by atoms with Crippen molar-refractivity contribution in [3.8, 4) is 0 Å². The Bertz CT molecular complexity index is 541. The van der Waals surface area contributed by atoms with Gasteiger partial charge >= 0.3 is 12.2 Å². The molecule has 1 aromatic rings. The Labute approximate surface area is 129 Å². The van der Waals surface area contributed by atoms with E-state index < -0.39 is 12.2 Å². The summed E-state index contributed by atoms with van der Waals surface area (Å²) in [5, 5.41) is 0. The Balaban J connectivity index is 3.07. The summed E-state index contributed by atoms with van der Waals surface area (Å²) in [6.07, 6.45) is -2.27. The number of aliphatic imine (C=N–C) groups is 1. The van der Waals surface area contributed by atoms with Gasteiger partial charge in [0.25, 0.3) is 0 Å². The molecule has 1 aromatic carbocycles. The number of benzene rings is 1. The molecular formula is C15H21N3O4. The zero-order valence-electron chi connectivity index (χ0n) is 13.1. The van der Waals surface area contributed by atoms with Gasteiger partial charge in [0.2, 0.25) is 5.96 Å². The minimum Gasteiger partial charge on any atom is -0.446 e. The molecule has 2 amide bonds. The first-order valence-corrected chi connectivity index (χ1v) is 6.91. The van der Waals surface area contributed by atoms with Gasteiger partial charge in [-0.15, -0.1) is 4.99 Å². The normalized spacial score (nSPS) is 11.5. The Hall–Kier alpha value is -2.57. The Morgan fingerprint density at radius 1 is 1.05 bits per heavy atom. The van der Waals surface area contributed by atoms with E-state index >= 15 is 0 Å². The summed E-state index contributed by atoms with van der Waals surface area (Å²) in [6, 6.07) is 8.54. The molecule has 0 radical (unpaired) electrons. The number of nitrogens with zero attached hydrogens (tertiary/aromatic N) is 2. The highest BCUT2D eigenvalue weighted by Crippen LogP contribution is 2.15. The second kappa shape index (κ2) is 8.02. The third-order valence-corrected chi connectivity index (χ3v) is 2.30. The van der Waals surface area contributed by atoms with E-state index in [0.29, 0.717) is 5.69 Å². The molecule has 0 atom stereocenters. The van der Waals surface area contributed by atoms with Crippen LogP contribution in [0.5, 0.6) is 0 Å². The van der Waals surface area contributed by atoms with Gasteiger partial charge < -0.3 is 15.2 Å². The van der Waals surface area contributed by atoms with Crippen molar-refractivity contribution in [1.29, 1.82) is 0 Å². The third-order valence-electron chi connectivity index (χ3n) is 2.30. The molecule has 0 unspecified atom stereocenters. The second-order valence-electron chi connectivity index (χ2n) is 5.01. The van der Waals surface area contributed by atoms with Gasteiger partial charge in [-0.1, -0.05) is 18.2 Å². The second-order valence-corrected chi connectivity index (χ2v) is 5.01. The Morgan fingerprint density at radius 2 is 1.59 bits per heavy atom. The summed E-state index contributed by atoms with van der Waals surface area (Å²) >= 11 is 0. The molecule has 0 aliphatic rings.